The molecule has 88 valence electrons. The lowest BCUT2D eigenvalue weighted by Crippen LogP contribution is -1.98. The Kier molecular flexibility index (Phi) is 2.73. The minimum Gasteiger partial charge on any atom is -0.508 e. The summed E-state index contributed by atoms with van der Waals surface area (Å²) < 4.78 is 0. The highest BCUT2D eigenvalue weighted by Gasteiger charge is 2.14. The van der Waals surface area contributed by atoms with Crippen molar-refractivity contribution in [2.75, 3.05) is 0 Å². The van der Waals surface area contributed by atoms with Gasteiger partial charge in [0, 0.05) is 5.56 Å². The third kappa shape index (κ3) is 1.95. The Morgan fingerprint density at radius 2 is 1.50 bits per heavy atom. The van der Waals surface area contributed by atoms with E-state index < -0.39 is 0 Å². The second-order valence-corrected chi connectivity index (χ2v) is 4.42. The molecule has 2 aromatic rings. The van der Waals surface area contributed by atoms with Gasteiger partial charge in [0.05, 0.1) is 0 Å². The molecule has 0 atom stereocenters. The van der Waals surface area contributed by atoms with Crippen molar-refractivity contribution in [2.45, 2.75) is 6.42 Å². The minimum absolute atomic E-state index is 0.385. The first kappa shape index (κ1) is 10.8. The van der Waals surface area contributed by atoms with Crippen LogP contribution in [0, 0.1) is 0 Å². The van der Waals surface area contributed by atoms with Gasteiger partial charge in [-0.05, 0) is 29.2 Å². The number of rotatable bonds is 1. The van der Waals surface area contributed by atoms with Gasteiger partial charge in [0.1, 0.15) is 5.76 Å². The van der Waals surface area contributed by atoms with Gasteiger partial charge >= 0.3 is 0 Å². The van der Waals surface area contributed by atoms with Crippen LogP contribution in [0.5, 0.6) is 0 Å². The summed E-state index contributed by atoms with van der Waals surface area (Å²) in [7, 11) is 0. The van der Waals surface area contributed by atoms with Gasteiger partial charge in [-0.15, -0.1) is 0 Å². The molecule has 0 radical (unpaired) electrons. The fourth-order valence-electron chi connectivity index (χ4n) is 2.30. The van der Waals surface area contributed by atoms with Crippen LogP contribution in [0.4, 0.5) is 0 Å². The van der Waals surface area contributed by atoms with Crippen molar-refractivity contribution in [3.63, 3.8) is 0 Å². The van der Waals surface area contributed by atoms with E-state index in [0.29, 0.717) is 5.76 Å². The van der Waals surface area contributed by atoms with Crippen LogP contribution in [-0.4, -0.2) is 5.11 Å². The third-order valence-electron chi connectivity index (χ3n) is 3.20. The maximum absolute atomic E-state index is 9.88. The predicted octanol–water partition coefficient (Wildman–Crippen LogP) is 4.53. The number of fused-ring (bicyclic) bond motifs is 1. The van der Waals surface area contributed by atoms with Gasteiger partial charge in [-0.25, -0.2) is 0 Å². The van der Waals surface area contributed by atoms with Crippen LogP contribution in [0.25, 0.3) is 17.4 Å². The summed E-state index contributed by atoms with van der Waals surface area (Å²) in [5.41, 5.74) is 4.49. The first-order valence-corrected chi connectivity index (χ1v) is 6.09. The second kappa shape index (κ2) is 4.53. The molecule has 1 aliphatic carbocycles. The summed E-state index contributed by atoms with van der Waals surface area (Å²) in [6.07, 6.45) is 4.83. The summed E-state index contributed by atoms with van der Waals surface area (Å²) in [4.78, 5) is 0. The lowest BCUT2D eigenvalue weighted by atomic mass is 9.90. The molecule has 0 spiro atoms. The number of hydrogen-bond donors (Lipinski definition) is 1. The fourth-order valence-corrected chi connectivity index (χ4v) is 2.30. The van der Waals surface area contributed by atoms with Gasteiger partial charge in [0.25, 0.3) is 0 Å². The van der Waals surface area contributed by atoms with E-state index in [1.165, 1.54) is 11.1 Å². The van der Waals surface area contributed by atoms with E-state index >= 15 is 0 Å². The Hall–Kier alpha value is -2.28. The van der Waals surface area contributed by atoms with Gasteiger partial charge in [0.2, 0.25) is 0 Å². The second-order valence-electron chi connectivity index (χ2n) is 4.42. The lowest BCUT2D eigenvalue weighted by molar-refractivity contribution is 0.509. The van der Waals surface area contributed by atoms with Crippen LogP contribution >= 0.6 is 0 Å². The Labute approximate surface area is 107 Å². The quantitative estimate of drug-likeness (QED) is 0.768. The molecule has 1 N–H and O–H groups in total. The van der Waals surface area contributed by atoms with Crippen molar-refractivity contribution in [3.8, 4) is 0 Å². The normalized spacial score (nSPS) is 16.2. The highest BCUT2D eigenvalue weighted by molar-refractivity contribution is 5.90. The molecule has 0 aliphatic heterocycles. The van der Waals surface area contributed by atoms with Gasteiger partial charge in [0.15, 0.2) is 0 Å². The van der Waals surface area contributed by atoms with E-state index in [9.17, 15) is 5.11 Å². The third-order valence-corrected chi connectivity index (χ3v) is 3.20. The van der Waals surface area contributed by atoms with Crippen molar-refractivity contribution in [1.82, 2.24) is 0 Å². The van der Waals surface area contributed by atoms with E-state index in [1.807, 2.05) is 42.5 Å². The fraction of sp³-hybridized carbons (Fsp3) is 0.0588. The highest BCUT2D eigenvalue weighted by atomic mass is 16.3. The molecule has 2 aromatic carbocycles. The summed E-state index contributed by atoms with van der Waals surface area (Å²) in [6, 6.07) is 18.3. The lowest BCUT2D eigenvalue weighted by Gasteiger charge is -2.16. The smallest absolute Gasteiger partial charge is 0.119 e. The van der Waals surface area contributed by atoms with Crippen LogP contribution in [0.1, 0.15) is 23.1 Å². The summed E-state index contributed by atoms with van der Waals surface area (Å²) >= 11 is 0. The summed E-state index contributed by atoms with van der Waals surface area (Å²) in [5.74, 6) is 0.385. The first-order chi connectivity index (χ1) is 8.84. The maximum Gasteiger partial charge on any atom is 0.119 e. The molecule has 0 bridgehead atoms. The Morgan fingerprint density at radius 1 is 0.833 bits per heavy atom. The van der Waals surface area contributed by atoms with Crippen LogP contribution in [0.2, 0.25) is 0 Å². The maximum atomic E-state index is 9.88. The topological polar surface area (TPSA) is 20.2 Å². The van der Waals surface area contributed by atoms with E-state index in [4.69, 9.17) is 0 Å². The summed E-state index contributed by atoms with van der Waals surface area (Å²) in [5, 5.41) is 9.88. The van der Waals surface area contributed by atoms with Gasteiger partial charge < -0.3 is 5.11 Å². The van der Waals surface area contributed by atoms with E-state index in [2.05, 4.69) is 24.3 Å². The van der Waals surface area contributed by atoms with E-state index in [-0.39, 0.29) is 0 Å². The number of allylic oxidation sites excluding steroid dienone is 2. The number of aliphatic hydroxyl groups excluding tert-OH is 1. The molecule has 1 aliphatic rings. The molecule has 0 unspecified atom stereocenters. The molecule has 18 heavy (non-hydrogen) atoms. The Bertz CT molecular complexity index is 621. The van der Waals surface area contributed by atoms with Crippen molar-refractivity contribution < 1.29 is 5.11 Å². The molecule has 0 aromatic heterocycles. The molecule has 0 amide bonds. The zero-order valence-corrected chi connectivity index (χ0v) is 10.0. The van der Waals surface area contributed by atoms with Crippen molar-refractivity contribution in [3.05, 3.63) is 77.4 Å². The van der Waals surface area contributed by atoms with Crippen LogP contribution in [0.3, 0.4) is 0 Å². The first-order valence-electron chi connectivity index (χ1n) is 6.09. The summed E-state index contributed by atoms with van der Waals surface area (Å²) in [6.45, 7) is 0. The largest absolute Gasteiger partial charge is 0.508 e. The molecule has 3 rings (SSSR count). The molecule has 0 heterocycles. The number of hydrogen-bond acceptors (Lipinski definition) is 1. The Morgan fingerprint density at radius 3 is 2.28 bits per heavy atom. The van der Waals surface area contributed by atoms with Crippen molar-refractivity contribution in [2.24, 2.45) is 0 Å². The van der Waals surface area contributed by atoms with Gasteiger partial charge in [-0.1, -0.05) is 60.7 Å². The Balaban J connectivity index is 2.09. The molecular weight excluding hydrogens is 220 g/mol. The van der Waals surface area contributed by atoms with Crippen LogP contribution < -0.4 is 0 Å². The number of aliphatic hydroxyl groups is 1. The standard InChI is InChI=1S/C17H14O/c18-17-11-10-14(12-13-6-2-1-3-7-13)15-8-4-5-9-16(15)17/h1-9,11-12,18H,10H2/b14-12-. The average Bonchev–Trinajstić information content (AvgIpc) is 2.44. The molecule has 0 saturated heterocycles. The zero-order valence-electron chi connectivity index (χ0n) is 10.0. The monoisotopic (exact) mass is 234 g/mol. The van der Waals surface area contributed by atoms with Gasteiger partial charge in [-0.2, -0.15) is 0 Å². The molecular formula is C17H14O. The molecule has 0 saturated carbocycles. The molecule has 1 nitrogen and oxygen atoms in total. The van der Waals surface area contributed by atoms with Crippen molar-refractivity contribution in [1.29, 1.82) is 0 Å². The molecule has 1 heteroatoms. The molecule has 0 fully saturated rings. The predicted molar refractivity (Wildman–Crippen MR) is 76.0 cm³/mol. The van der Waals surface area contributed by atoms with Gasteiger partial charge in [-0.3, -0.25) is 0 Å². The van der Waals surface area contributed by atoms with Crippen molar-refractivity contribution >= 4 is 17.4 Å². The SMILES string of the molecule is OC1=CC/C(=C/c2ccccc2)c2ccccc21. The van der Waals surface area contributed by atoms with Crippen LogP contribution in [0.15, 0.2) is 60.7 Å². The zero-order chi connectivity index (χ0) is 12.4. The van der Waals surface area contributed by atoms with E-state index in [0.717, 1.165) is 17.5 Å². The number of benzene rings is 2. The van der Waals surface area contributed by atoms with Crippen LogP contribution in [-0.2, 0) is 0 Å². The average molecular weight is 234 g/mol. The minimum atomic E-state index is 0.385. The highest BCUT2D eigenvalue weighted by Crippen LogP contribution is 2.33. The van der Waals surface area contributed by atoms with E-state index in [1.54, 1.807) is 0 Å².